The van der Waals surface area contributed by atoms with Crippen molar-refractivity contribution in [3.05, 3.63) is 24.0 Å². The average Bonchev–Trinajstić information content (AvgIpc) is 2.12. The molecule has 0 aromatic carbocycles. The first kappa shape index (κ1) is 9.01. The third-order valence-corrected chi connectivity index (χ3v) is 0.828. The molecule has 46 valence electrons. The van der Waals surface area contributed by atoms with Crippen molar-refractivity contribution < 1.29 is 9.90 Å². The van der Waals surface area contributed by atoms with Gasteiger partial charge in [0.1, 0.15) is 5.69 Å². The summed E-state index contributed by atoms with van der Waals surface area (Å²) in [4.78, 5) is 12.6. The zero-order valence-corrected chi connectivity index (χ0v) is 4.09. The van der Waals surface area contributed by atoms with Gasteiger partial charge < -0.3 is 10.1 Å². The number of carboxylic acid groups (broad SMARTS) is 1. The molecular formula is C5H7CaNO2. The Morgan fingerprint density at radius 1 is 1.67 bits per heavy atom. The normalized spacial score (nSPS) is 8.00. The first-order chi connectivity index (χ1) is 3.80. The predicted octanol–water partition coefficient (Wildman–Crippen LogP) is -0.203. The van der Waals surface area contributed by atoms with Crippen LogP contribution in [0.1, 0.15) is 10.5 Å². The fourth-order valence-electron chi connectivity index (χ4n) is 0.463. The van der Waals surface area contributed by atoms with Crippen LogP contribution in [0.4, 0.5) is 0 Å². The first-order valence-corrected chi connectivity index (χ1v) is 2.17. The molecule has 1 aromatic heterocycles. The average molecular weight is 153 g/mol. The van der Waals surface area contributed by atoms with Gasteiger partial charge in [0, 0.05) is 6.20 Å². The second-order valence-electron chi connectivity index (χ2n) is 1.39. The van der Waals surface area contributed by atoms with Crippen LogP contribution < -0.4 is 0 Å². The molecule has 0 amide bonds. The van der Waals surface area contributed by atoms with Crippen molar-refractivity contribution in [1.29, 1.82) is 0 Å². The van der Waals surface area contributed by atoms with E-state index in [0.29, 0.717) is 0 Å². The van der Waals surface area contributed by atoms with Crippen molar-refractivity contribution in [1.82, 2.24) is 4.98 Å². The van der Waals surface area contributed by atoms with Crippen molar-refractivity contribution in [2.45, 2.75) is 0 Å². The molecule has 0 saturated heterocycles. The van der Waals surface area contributed by atoms with Gasteiger partial charge in [0.2, 0.25) is 0 Å². The van der Waals surface area contributed by atoms with Crippen molar-refractivity contribution in [2.24, 2.45) is 0 Å². The van der Waals surface area contributed by atoms with Crippen LogP contribution in [-0.2, 0) is 0 Å². The Hall–Kier alpha value is 0.00974. The summed E-state index contributed by atoms with van der Waals surface area (Å²) in [5.74, 6) is -0.921. The molecule has 0 aliphatic carbocycles. The molecule has 3 nitrogen and oxygen atoms in total. The third-order valence-electron chi connectivity index (χ3n) is 0.828. The number of carbonyl (C=O) groups is 1. The number of hydrogen-bond donors (Lipinski definition) is 2. The summed E-state index contributed by atoms with van der Waals surface area (Å²) in [5, 5.41) is 8.24. The molecule has 0 bridgehead atoms. The molecule has 0 aliphatic rings. The Morgan fingerprint density at radius 3 is 2.56 bits per heavy atom. The van der Waals surface area contributed by atoms with Crippen LogP contribution in [0.3, 0.4) is 0 Å². The number of aromatic carboxylic acids is 1. The van der Waals surface area contributed by atoms with Crippen molar-refractivity contribution >= 4 is 43.7 Å². The summed E-state index contributed by atoms with van der Waals surface area (Å²) in [6.07, 6.45) is 1.57. The van der Waals surface area contributed by atoms with Gasteiger partial charge in [-0.15, -0.1) is 0 Å². The van der Waals surface area contributed by atoms with E-state index >= 15 is 0 Å². The van der Waals surface area contributed by atoms with Crippen molar-refractivity contribution in [2.75, 3.05) is 0 Å². The number of nitrogens with one attached hydrogen (secondary N) is 1. The van der Waals surface area contributed by atoms with E-state index in [1.807, 2.05) is 0 Å². The van der Waals surface area contributed by atoms with Gasteiger partial charge in [0.25, 0.3) is 0 Å². The summed E-state index contributed by atoms with van der Waals surface area (Å²) >= 11 is 0. The quantitative estimate of drug-likeness (QED) is 0.549. The number of aromatic amines is 1. The van der Waals surface area contributed by atoms with E-state index < -0.39 is 5.97 Å². The topological polar surface area (TPSA) is 53.1 Å². The SMILES string of the molecule is O=C(O)c1ccc[nH]1.[CaH2]. The Kier molecular flexibility index (Phi) is 3.93. The van der Waals surface area contributed by atoms with Gasteiger partial charge in [-0.2, -0.15) is 0 Å². The molecule has 0 atom stereocenters. The van der Waals surface area contributed by atoms with Crippen LogP contribution in [0.15, 0.2) is 18.3 Å². The minimum absolute atomic E-state index is 0. The molecule has 2 N–H and O–H groups in total. The fourth-order valence-corrected chi connectivity index (χ4v) is 0.463. The van der Waals surface area contributed by atoms with Gasteiger partial charge in [-0.25, -0.2) is 4.79 Å². The number of rotatable bonds is 1. The minimum atomic E-state index is -0.921. The van der Waals surface area contributed by atoms with Gasteiger partial charge in [-0.3, -0.25) is 0 Å². The molecule has 0 unspecified atom stereocenters. The van der Waals surface area contributed by atoms with Gasteiger partial charge in [0.15, 0.2) is 0 Å². The monoisotopic (exact) mass is 153 g/mol. The third kappa shape index (κ3) is 2.39. The Labute approximate surface area is 82.1 Å². The maximum atomic E-state index is 10.0. The summed E-state index contributed by atoms with van der Waals surface area (Å²) in [7, 11) is 0. The Morgan fingerprint density at radius 2 is 2.33 bits per heavy atom. The van der Waals surface area contributed by atoms with Gasteiger partial charge >= 0.3 is 43.7 Å². The Bertz CT molecular complexity index is 183. The molecular weight excluding hydrogens is 146 g/mol. The predicted molar refractivity (Wildman–Crippen MR) is 36.3 cm³/mol. The van der Waals surface area contributed by atoms with E-state index in [2.05, 4.69) is 4.98 Å². The molecule has 9 heavy (non-hydrogen) atoms. The summed E-state index contributed by atoms with van der Waals surface area (Å²) in [6.45, 7) is 0. The number of hydrogen-bond acceptors (Lipinski definition) is 1. The fraction of sp³-hybridized carbons (Fsp3) is 0. The molecule has 4 heteroatoms. The van der Waals surface area contributed by atoms with Crippen LogP contribution in [0.25, 0.3) is 0 Å². The van der Waals surface area contributed by atoms with Gasteiger partial charge in [-0.1, -0.05) is 0 Å². The molecule has 0 aliphatic heterocycles. The molecule has 1 aromatic rings. The van der Waals surface area contributed by atoms with Gasteiger partial charge in [0.05, 0.1) is 0 Å². The van der Waals surface area contributed by atoms with Gasteiger partial charge in [-0.05, 0) is 12.1 Å². The number of H-pyrrole nitrogens is 1. The standard InChI is InChI=1S/C5H5NO2.Ca.2H/c7-5(8)4-2-1-3-6-4;;;/h1-3,6H,(H,7,8);;;. The van der Waals surface area contributed by atoms with Crippen molar-refractivity contribution in [3.8, 4) is 0 Å². The van der Waals surface area contributed by atoms with Crippen LogP contribution >= 0.6 is 0 Å². The van der Waals surface area contributed by atoms with E-state index in [4.69, 9.17) is 5.11 Å². The number of aromatic nitrogens is 1. The second-order valence-corrected chi connectivity index (χ2v) is 1.39. The van der Waals surface area contributed by atoms with Crippen LogP contribution in [0.2, 0.25) is 0 Å². The van der Waals surface area contributed by atoms with E-state index in [0.717, 1.165) is 0 Å². The van der Waals surface area contributed by atoms with E-state index in [1.54, 1.807) is 12.3 Å². The maximum absolute atomic E-state index is 10.0. The summed E-state index contributed by atoms with van der Waals surface area (Å²) in [6, 6.07) is 3.14. The van der Waals surface area contributed by atoms with Crippen LogP contribution in [0.5, 0.6) is 0 Å². The van der Waals surface area contributed by atoms with Crippen LogP contribution in [-0.4, -0.2) is 53.8 Å². The van der Waals surface area contributed by atoms with Crippen LogP contribution in [0, 0.1) is 0 Å². The van der Waals surface area contributed by atoms with E-state index in [-0.39, 0.29) is 43.4 Å². The molecule has 1 heterocycles. The molecule has 1 rings (SSSR count). The van der Waals surface area contributed by atoms with E-state index in [9.17, 15) is 4.79 Å². The zero-order valence-electron chi connectivity index (χ0n) is 4.09. The van der Waals surface area contributed by atoms with E-state index in [1.165, 1.54) is 6.07 Å². The molecule has 0 fully saturated rings. The number of carboxylic acids is 1. The summed E-state index contributed by atoms with van der Waals surface area (Å²) in [5.41, 5.74) is 0.227. The van der Waals surface area contributed by atoms with Crippen molar-refractivity contribution in [3.63, 3.8) is 0 Å². The molecule has 0 spiro atoms. The molecule has 0 saturated carbocycles. The molecule has 0 radical (unpaired) electrons. The Balaban J connectivity index is 0.000000640. The second kappa shape index (κ2) is 3.93. The first-order valence-electron chi connectivity index (χ1n) is 2.17. The zero-order chi connectivity index (χ0) is 5.98. The summed E-state index contributed by atoms with van der Waals surface area (Å²) < 4.78 is 0.